The fourth-order valence-electron chi connectivity index (χ4n) is 3.78. The normalized spacial score (nSPS) is 16.1. The molecule has 1 amide bonds. The summed E-state index contributed by atoms with van der Waals surface area (Å²) in [4.78, 5) is 25.6. The van der Waals surface area contributed by atoms with Crippen molar-refractivity contribution >= 4 is 16.8 Å². The zero-order chi connectivity index (χ0) is 19.0. The van der Waals surface area contributed by atoms with Crippen LogP contribution in [0.15, 0.2) is 47.3 Å². The van der Waals surface area contributed by atoms with E-state index in [2.05, 4.69) is 16.5 Å². The lowest BCUT2D eigenvalue weighted by Gasteiger charge is -2.26. The van der Waals surface area contributed by atoms with Crippen molar-refractivity contribution in [2.45, 2.75) is 38.8 Å². The van der Waals surface area contributed by atoms with Crippen LogP contribution in [0.5, 0.6) is 0 Å². The summed E-state index contributed by atoms with van der Waals surface area (Å²) in [6.07, 6.45) is 2.77. The van der Waals surface area contributed by atoms with Gasteiger partial charge in [0.25, 0.3) is 5.91 Å². The van der Waals surface area contributed by atoms with Gasteiger partial charge in [0.15, 0.2) is 5.69 Å². The molecule has 6 heteroatoms. The lowest BCUT2D eigenvalue weighted by atomic mass is 9.87. The molecule has 0 radical (unpaired) electrons. The average molecular weight is 365 g/mol. The number of halogens is 1. The summed E-state index contributed by atoms with van der Waals surface area (Å²) in [5.74, 6) is -1.03. The Morgan fingerprint density at radius 3 is 2.93 bits per heavy atom. The molecule has 5 nitrogen and oxygen atoms in total. The molecule has 1 N–H and O–H groups in total. The molecule has 1 aliphatic rings. The number of carbonyl (C=O) groups excluding carboxylic acids is 1. The topological polar surface area (TPSA) is 64.0 Å². The monoisotopic (exact) mass is 365 g/mol. The van der Waals surface area contributed by atoms with Crippen molar-refractivity contribution in [3.63, 3.8) is 0 Å². The highest BCUT2D eigenvalue weighted by atomic mass is 19.1. The van der Waals surface area contributed by atoms with Gasteiger partial charge in [0.1, 0.15) is 5.82 Å². The first-order valence-electron chi connectivity index (χ1n) is 9.17. The molecule has 27 heavy (non-hydrogen) atoms. The molecule has 0 spiro atoms. The van der Waals surface area contributed by atoms with Crippen molar-refractivity contribution in [3.05, 3.63) is 75.3 Å². The largest absolute Gasteiger partial charge is 0.344 e. The first-order valence-corrected chi connectivity index (χ1v) is 9.17. The van der Waals surface area contributed by atoms with Crippen LogP contribution in [0, 0.1) is 5.82 Å². The van der Waals surface area contributed by atoms with Gasteiger partial charge in [-0.3, -0.25) is 14.3 Å². The number of amides is 1. The summed E-state index contributed by atoms with van der Waals surface area (Å²) in [5, 5.41) is 7.36. The molecule has 1 atom stereocenters. The predicted octanol–water partition coefficient (Wildman–Crippen LogP) is 3.36. The van der Waals surface area contributed by atoms with E-state index >= 15 is 0 Å². The summed E-state index contributed by atoms with van der Waals surface area (Å²) in [7, 11) is 0. The number of fused-ring (bicyclic) bond motifs is 2. The maximum atomic E-state index is 13.7. The van der Waals surface area contributed by atoms with Crippen LogP contribution in [0.3, 0.4) is 0 Å². The van der Waals surface area contributed by atoms with E-state index in [1.165, 1.54) is 17.7 Å². The van der Waals surface area contributed by atoms with Crippen LogP contribution in [0.4, 0.5) is 4.39 Å². The number of rotatable bonds is 3. The molecule has 0 bridgehead atoms. The number of hydrogen-bond acceptors (Lipinski definition) is 3. The van der Waals surface area contributed by atoms with E-state index in [0.29, 0.717) is 12.1 Å². The maximum Gasteiger partial charge on any atom is 0.276 e. The van der Waals surface area contributed by atoms with Gasteiger partial charge in [-0.05, 0) is 55.5 Å². The van der Waals surface area contributed by atoms with E-state index in [-0.39, 0.29) is 17.1 Å². The molecule has 0 saturated carbocycles. The molecule has 2 aromatic carbocycles. The van der Waals surface area contributed by atoms with Gasteiger partial charge in [-0.1, -0.05) is 24.3 Å². The zero-order valence-corrected chi connectivity index (χ0v) is 15.0. The summed E-state index contributed by atoms with van der Waals surface area (Å²) in [6.45, 7) is 2.33. The maximum absolute atomic E-state index is 13.7. The van der Waals surface area contributed by atoms with E-state index in [4.69, 9.17) is 0 Å². The minimum absolute atomic E-state index is 0.151. The highest BCUT2D eigenvalue weighted by Gasteiger charge is 2.24. The molecular formula is C21H20FN3O2. The fraction of sp³-hybridized carbons (Fsp3) is 0.286. The number of aromatic nitrogens is 2. The Bertz CT molecular complexity index is 1090. The Labute approximate surface area is 155 Å². The number of hydrogen-bond donors (Lipinski definition) is 1. The van der Waals surface area contributed by atoms with Crippen molar-refractivity contribution in [3.8, 4) is 0 Å². The summed E-state index contributed by atoms with van der Waals surface area (Å²) in [6, 6.07) is 11.8. The zero-order valence-electron chi connectivity index (χ0n) is 15.0. The van der Waals surface area contributed by atoms with Crippen LogP contribution in [0.25, 0.3) is 10.9 Å². The number of aryl methyl sites for hydroxylation is 2. The Morgan fingerprint density at radius 2 is 2.11 bits per heavy atom. The van der Waals surface area contributed by atoms with Crippen LogP contribution in [-0.2, 0) is 13.0 Å². The van der Waals surface area contributed by atoms with Crippen LogP contribution >= 0.6 is 0 Å². The Kier molecular flexibility index (Phi) is 4.48. The summed E-state index contributed by atoms with van der Waals surface area (Å²) < 4.78 is 15.2. The minimum Gasteiger partial charge on any atom is -0.344 e. The van der Waals surface area contributed by atoms with Crippen LogP contribution < -0.4 is 10.7 Å². The molecule has 1 aromatic heterocycles. The third kappa shape index (κ3) is 3.12. The van der Waals surface area contributed by atoms with Crippen LogP contribution in [0.2, 0.25) is 0 Å². The number of carbonyl (C=O) groups is 1. The van der Waals surface area contributed by atoms with Gasteiger partial charge in [-0.15, -0.1) is 0 Å². The molecule has 0 fully saturated rings. The first kappa shape index (κ1) is 17.4. The molecular weight excluding hydrogens is 345 g/mol. The van der Waals surface area contributed by atoms with Gasteiger partial charge in [0.05, 0.1) is 16.9 Å². The molecule has 1 aliphatic carbocycles. The average Bonchev–Trinajstić information content (AvgIpc) is 2.69. The molecule has 1 unspecified atom stereocenters. The molecule has 1 heterocycles. The summed E-state index contributed by atoms with van der Waals surface area (Å²) >= 11 is 0. The quantitative estimate of drug-likeness (QED) is 0.774. The molecule has 3 aromatic rings. The van der Waals surface area contributed by atoms with Gasteiger partial charge < -0.3 is 5.32 Å². The Balaban J connectivity index is 1.74. The van der Waals surface area contributed by atoms with Gasteiger partial charge in [-0.2, -0.15) is 5.10 Å². The number of nitrogens with one attached hydrogen (secondary N) is 1. The number of benzene rings is 2. The van der Waals surface area contributed by atoms with Crippen LogP contribution in [-0.4, -0.2) is 15.7 Å². The third-order valence-electron chi connectivity index (χ3n) is 5.11. The molecule has 4 rings (SSSR count). The molecule has 138 valence electrons. The van der Waals surface area contributed by atoms with Gasteiger partial charge >= 0.3 is 0 Å². The van der Waals surface area contributed by atoms with Crippen molar-refractivity contribution in [2.24, 2.45) is 0 Å². The van der Waals surface area contributed by atoms with Crippen molar-refractivity contribution < 1.29 is 9.18 Å². The predicted molar refractivity (Wildman–Crippen MR) is 101 cm³/mol. The smallest absolute Gasteiger partial charge is 0.276 e. The van der Waals surface area contributed by atoms with E-state index in [1.54, 1.807) is 4.68 Å². The third-order valence-corrected chi connectivity index (χ3v) is 5.11. The second-order valence-electron chi connectivity index (χ2n) is 6.77. The Morgan fingerprint density at radius 1 is 1.30 bits per heavy atom. The van der Waals surface area contributed by atoms with Crippen molar-refractivity contribution in [1.29, 1.82) is 0 Å². The lowest BCUT2D eigenvalue weighted by Crippen LogP contribution is -2.36. The van der Waals surface area contributed by atoms with E-state index in [9.17, 15) is 14.0 Å². The lowest BCUT2D eigenvalue weighted by molar-refractivity contribution is 0.0924. The molecule has 0 aliphatic heterocycles. The fourth-order valence-corrected chi connectivity index (χ4v) is 3.78. The van der Waals surface area contributed by atoms with E-state index in [1.807, 2.05) is 25.1 Å². The minimum atomic E-state index is -0.546. The second kappa shape index (κ2) is 6.95. The summed E-state index contributed by atoms with van der Waals surface area (Å²) in [5.41, 5.74) is 2.07. The highest BCUT2D eigenvalue weighted by molar-refractivity contribution is 5.95. The van der Waals surface area contributed by atoms with Crippen molar-refractivity contribution in [1.82, 2.24) is 15.1 Å². The first-order chi connectivity index (χ1) is 13.1. The highest BCUT2D eigenvalue weighted by Crippen LogP contribution is 2.29. The van der Waals surface area contributed by atoms with Gasteiger partial charge in [0, 0.05) is 6.54 Å². The van der Waals surface area contributed by atoms with Crippen molar-refractivity contribution in [2.75, 3.05) is 0 Å². The second-order valence-corrected chi connectivity index (χ2v) is 6.77. The van der Waals surface area contributed by atoms with Crippen LogP contribution in [0.1, 0.15) is 47.4 Å². The van der Waals surface area contributed by atoms with E-state index in [0.717, 1.165) is 30.9 Å². The SMILES string of the molecule is CCn1nc(C(=O)NC2CCCc3ccccc32)c(=O)c2cc(F)ccc21. The standard InChI is InChI=1S/C21H20FN3O2/c1-2-25-18-11-10-14(22)12-16(18)20(26)19(24-25)21(27)23-17-9-5-7-13-6-3-4-8-15(13)17/h3-4,6,8,10-12,17H,2,5,7,9H2,1H3,(H,23,27). The van der Waals surface area contributed by atoms with E-state index < -0.39 is 17.2 Å². The van der Waals surface area contributed by atoms with Gasteiger partial charge in [0.2, 0.25) is 5.43 Å². The van der Waals surface area contributed by atoms with Gasteiger partial charge in [-0.25, -0.2) is 4.39 Å². The number of nitrogens with zero attached hydrogens (tertiary/aromatic N) is 2. The Hall–Kier alpha value is -3.02. The molecule has 0 saturated heterocycles.